The zero-order valence-corrected chi connectivity index (χ0v) is 15.6. The Hall–Kier alpha value is -2.09. The summed E-state index contributed by atoms with van der Waals surface area (Å²) >= 11 is 0. The first-order chi connectivity index (χ1) is 11.3. The van der Waals surface area contributed by atoms with Gasteiger partial charge < -0.3 is 4.74 Å². The first-order valence-corrected chi connectivity index (χ1v) is 8.76. The van der Waals surface area contributed by atoms with Crippen molar-refractivity contribution in [1.82, 2.24) is 0 Å². The van der Waals surface area contributed by atoms with E-state index in [2.05, 4.69) is 53.7 Å². The number of rotatable bonds is 5. The lowest BCUT2D eigenvalue weighted by Gasteiger charge is -2.22. The summed E-state index contributed by atoms with van der Waals surface area (Å²) in [6, 6.07) is 13.6. The molecule has 0 aromatic heterocycles. The summed E-state index contributed by atoms with van der Waals surface area (Å²) in [5.74, 6) is 1.47. The van der Waals surface area contributed by atoms with Gasteiger partial charge in [-0.05, 0) is 46.6 Å². The van der Waals surface area contributed by atoms with Crippen molar-refractivity contribution in [2.75, 3.05) is 0 Å². The number of hydrogen-bond donors (Lipinski definition) is 0. The summed E-state index contributed by atoms with van der Waals surface area (Å²) in [4.78, 5) is 12.6. The third kappa shape index (κ3) is 4.05. The van der Waals surface area contributed by atoms with E-state index in [1.807, 2.05) is 18.2 Å². The summed E-state index contributed by atoms with van der Waals surface area (Å²) in [7, 11) is 0. The molecule has 0 radical (unpaired) electrons. The quantitative estimate of drug-likeness (QED) is 0.478. The van der Waals surface area contributed by atoms with Gasteiger partial charge in [0.15, 0.2) is 0 Å². The fourth-order valence-electron chi connectivity index (χ4n) is 2.73. The van der Waals surface area contributed by atoms with E-state index < -0.39 is 0 Å². The van der Waals surface area contributed by atoms with E-state index in [9.17, 15) is 4.79 Å². The minimum atomic E-state index is -0.295. The Morgan fingerprint density at radius 1 is 0.792 bits per heavy atom. The van der Waals surface area contributed by atoms with Crippen LogP contribution in [0.3, 0.4) is 0 Å². The smallest absolute Gasteiger partial charge is 0.343 e. The fourth-order valence-corrected chi connectivity index (χ4v) is 2.73. The SMILES string of the molecule is CC(C)c1cc(C(C)C)c(OC(=O)c2ccccc2)c(C(C)C)c1. The van der Waals surface area contributed by atoms with Gasteiger partial charge in [-0.25, -0.2) is 4.79 Å². The molecular weight excluding hydrogens is 296 g/mol. The van der Waals surface area contributed by atoms with Crippen LogP contribution in [0.1, 0.15) is 86.3 Å². The number of esters is 1. The maximum absolute atomic E-state index is 12.6. The van der Waals surface area contributed by atoms with Crippen molar-refractivity contribution in [1.29, 1.82) is 0 Å². The molecule has 0 fully saturated rings. The lowest BCUT2D eigenvalue weighted by molar-refractivity contribution is 0.0731. The van der Waals surface area contributed by atoms with Crippen molar-refractivity contribution in [2.24, 2.45) is 0 Å². The number of hydrogen-bond acceptors (Lipinski definition) is 2. The number of carbonyl (C=O) groups is 1. The molecule has 0 aliphatic heterocycles. The van der Waals surface area contributed by atoms with Crippen molar-refractivity contribution in [3.63, 3.8) is 0 Å². The Morgan fingerprint density at radius 3 is 1.71 bits per heavy atom. The van der Waals surface area contributed by atoms with Crippen LogP contribution in [0.5, 0.6) is 5.75 Å². The van der Waals surface area contributed by atoms with Crippen LogP contribution in [0.15, 0.2) is 42.5 Å². The molecule has 0 atom stereocenters. The highest BCUT2D eigenvalue weighted by atomic mass is 16.5. The highest BCUT2D eigenvalue weighted by Crippen LogP contribution is 2.38. The molecule has 0 heterocycles. The third-order valence-electron chi connectivity index (χ3n) is 4.28. The van der Waals surface area contributed by atoms with Crippen LogP contribution in [0.25, 0.3) is 0 Å². The predicted octanol–water partition coefficient (Wildman–Crippen LogP) is 6.28. The molecular formula is C22H28O2. The van der Waals surface area contributed by atoms with Crippen molar-refractivity contribution in [2.45, 2.75) is 59.3 Å². The molecule has 0 saturated heterocycles. The Bertz CT molecular complexity index is 668. The number of ether oxygens (including phenoxy) is 1. The molecule has 24 heavy (non-hydrogen) atoms. The van der Waals surface area contributed by atoms with Crippen molar-refractivity contribution >= 4 is 5.97 Å². The molecule has 2 heteroatoms. The van der Waals surface area contributed by atoms with E-state index in [1.165, 1.54) is 5.56 Å². The van der Waals surface area contributed by atoms with E-state index in [0.717, 1.165) is 16.9 Å². The molecule has 0 bridgehead atoms. The Labute approximate surface area is 145 Å². The Kier molecular flexibility index (Phi) is 5.82. The van der Waals surface area contributed by atoms with Gasteiger partial charge in [-0.3, -0.25) is 0 Å². The molecule has 0 unspecified atom stereocenters. The molecule has 0 saturated carbocycles. The lowest BCUT2D eigenvalue weighted by atomic mass is 9.88. The lowest BCUT2D eigenvalue weighted by Crippen LogP contribution is -2.13. The van der Waals surface area contributed by atoms with Crippen LogP contribution in [0.2, 0.25) is 0 Å². The van der Waals surface area contributed by atoms with Gasteiger partial charge in [-0.15, -0.1) is 0 Å². The van der Waals surface area contributed by atoms with Crippen molar-refractivity contribution in [3.8, 4) is 5.75 Å². The summed E-state index contributed by atoms with van der Waals surface area (Å²) in [6.07, 6.45) is 0. The zero-order valence-electron chi connectivity index (χ0n) is 15.6. The summed E-state index contributed by atoms with van der Waals surface area (Å²) < 4.78 is 5.88. The molecule has 0 N–H and O–H groups in total. The monoisotopic (exact) mass is 324 g/mol. The molecule has 0 aliphatic carbocycles. The van der Waals surface area contributed by atoms with Gasteiger partial charge in [0.2, 0.25) is 0 Å². The van der Waals surface area contributed by atoms with Gasteiger partial charge >= 0.3 is 5.97 Å². The molecule has 2 rings (SSSR count). The predicted molar refractivity (Wildman–Crippen MR) is 100 cm³/mol. The molecule has 0 aliphatic rings. The van der Waals surface area contributed by atoms with Gasteiger partial charge in [0.05, 0.1) is 5.56 Å². The van der Waals surface area contributed by atoms with Crippen LogP contribution in [-0.2, 0) is 0 Å². The van der Waals surface area contributed by atoms with Gasteiger partial charge in [-0.1, -0.05) is 71.9 Å². The van der Waals surface area contributed by atoms with Crippen molar-refractivity contribution < 1.29 is 9.53 Å². The minimum absolute atomic E-state index is 0.291. The van der Waals surface area contributed by atoms with Crippen LogP contribution in [0, 0.1) is 0 Å². The molecule has 2 nitrogen and oxygen atoms in total. The normalized spacial score (nSPS) is 11.4. The maximum Gasteiger partial charge on any atom is 0.343 e. The van der Waals surface area contributed by atoms with E-state index in [0.29, 0.717) is 23.3 Å². The highest BCUT2D eigenvalue weighted by molar-refractivity contribution is 5.91. The second kappa shape index (κ2) is 7.65. The van der Waals surface area contributed by atoms with E-state index in [-0.39, 0.29) is 5.97 Å². The summed E-state index contributed by atoms with van der Waals surface area (Å²) in [5.41, 5.74) is 4.08. The van der Waals surface area contributed by atoms with Crippen LogP contribution in [-0.4, -0.2) is 5.97 Å². The summed E-state index contributed by atoms with van der Waals surface area (Å²) in [5, 5.41) is 0. The average Bonchev–Trinajstić information content (AvgIpc) is 2.54. The second-order valence-corrected chi connectivity index (χ2v) is 7.25. The van der Waals surface area contributed by atoms with E-state index in [1.54, 1.807) is 12.1 Å². The third-order valence-corrected chi connectivity index (χ3v) is 4.28. The van der Waals surface area contributed by atoms with Crippen LogP contribution >= 0.6 is 0 Å². The van der Waals surface area contributed by atoms with Crippen molar-refractivity contribution in [3.05, 3.63) is 64.7 Å². The van der Waals surface area contributed by atoms with E-state index >= 15 is 0 Å². The Morgan fingerprint density at radius 2 is 1.29 bits per heavy atom. The zero-order chi connectivity index (χ0) is 17.9. The minimum Gasteiger partial charge on any atom is -0.422 e. The Balaban J connectivity index is 2.52. The first-order valence-electron chi connectivity index (χ1n) is 8.76. The van der Waals surface area contributed by atoms with Crippen LogP contribution < -0.4 is 4.74 Å². The molecule has 0 amide bonds. The van der Waals surface area contributed by atoms with Gasteiger partial charge in [0, 0.05) is 0 Å². The van der Waals surface area contributed by atoms with Gasteiger partial charge in [0.25, 0.3) is 0 Å². The average molecular weight is 324 g/mol. The maximum atomic E-state index is 12.6. The van der Waals surface area contributed by atoms with Crippen LogP contribution in [0.4, 0.5) is 0 Å². The fraction of sp³-hybridized carbons (Fsp3) is 0.409. The molecule has 2 aromatic rings. The van der Waals surface area contributed by atoms with E-state index in [4.69, 9.17) is 4.74 Å². The number of carbonyl (C=O) groups excluding carboxylic acids is 1. The largest absolute Gasteiger partial charge is 0.422 e. The molecule has 2 aromatic carbocycles. The molecule has 128 valence electrons. The molecule has 0 spiro atoms. The highest BCUT2D eigenvalue weighted by Gasteiger charge is 2.21. The van der Waals surface area contributed by atoms with Gasteiger partial charge in [-0.2, -0.15) is 0 Å². The van der Waals surface area contributed by atoms with Gasteiger partial charge in [0.1, 0.15) is 5.75 Å². The second-order valence-electron chi connectivity index (χ2n) is 7.25. The summed E-state index contributed by atoms with van der Waals surface area (Å²) in [6.45, 7) is 13.0. The number of benzene rings is 2. The topological polar surface area (TPSA) is 26.3 Å². The standard InChI is InChI=1S/C22H28O2/c1-14(2)18-12-19(15(3)4)21(20(13-18)16(5)6)24-22(23)17-10-8-7-9-11-17/h7-16H,1-6H3. The first kappa shape index (κ1) is 18.3.